The van der Waals surface area contributed by atoms with Gasteiger partial charge in [0.15, 0.2) is 11.6 Å². The van der Waals surface area contributed by atoms with Gasteiger partial charge in [-0.05, 0) is 44.4 Å². The lowest BCUT2D eigenvalue weighted by molar-refractivity contribution is 0.479. The van der Waals surface area contributed by atoms with Gasteiger partial charge in [-0.15, -0.1) is 0 Å². The van der Waals surface area contributed by atoms with Crippen molar-refractivity contribution in [3.8, 4) is 11.3 Å². The lowest BCUT2D eigenvalue weighted by Gasteiger charge is -2.27. The van der Waals surface area contributed by atoms with Gasteiger partial charge in [0.2, 0.25) is 0 Å². The lowest BCUT2D eigenvalue weighted by atomic mass is 10.1. The summed E-state index contributed by atoms with van der Waals surface area (Å²) in [6, 6.07) is 4.37. The fraction of sp³-hybridized carbons (Fsp3) is 0.500. The molecule has 0 radical (unpaired) electrons. The van der Waals surface area contributed by atoms with E-state index in [9.17, 15) is 0 Å². The van der Waals surface area contributed by atoms with E-state index in [0.29, 0.717) is 6.04 Å². The Balaban J connectivity index is 1.65. The van der Waals surface area contributed by atoms with Crippen molar-refractivity contribution < 1.29 is 0 Å². The number of piperidine rings is 1. The van der Waals surface area contributed by atoms with Crippen LogP contribution in [-0.4, -0.2) is 47.2 Å². The first-order valence-electron chi connectivity index (χ1n) is 8.90. The molecule has 0 saturated carbocycles. The first-order valence-corrected chi connectivity index (χ1v) is 8.90. The number of pyridine rings is 1. The minimum Gasteiger partial charge on any atom is -0.363 e. The quantitative estimate of drug-likeness (QED) is 0.900. The van der Waals surface area contributed by atoms with Crippen LogP contribution in [0.25, 0.3) is 11.3 Å². The maximum absolute atomic E-state index is 4.91. The van der Waals surface area contributed by atoms with E-state index in [0.717, 1.165) is 49.1 Å². The first kappa shape index (κ1) is 15.3. The highest BCUT2D eigenvalue weighted by Gasteiger charge is 2.22. The molecule has 0 aliphatic carbocycles. The van der Waals surface area contributed by atoms with Crippen molar-refractivity contribution >= 4 is 11.6 Å². The van der Waals surface area contributed by atoms with E-state index in [1.54, 1.807) is 12.4 Å². The maximum atomic E-state index is 4.91. The molecule has 2 aromatic heterocycles. The molecule has 2 fully saturated rings. The Kier molecular flexibility index (Phi) is 4.55. The third-order valence-electron chi connectivity index (χ3n) is 4.77. The van der Waals surface area contributed by atoms with Gasteiger partial charge in [0.05, 0.1) is 11.9 Å². The van der Waals surface area contributed by atoms with E-state index in [-0.39, 0.29) is 0 Å². The predicted octanol–water partition coefficient (Wildman–Crippen LogP) is 2.30. The van der Waals surface area contributed by atoms with Gasteiger partial charge in [0.1, 0.15) is 0 Å². The predicted molar refractivity (Wildman–Crippen MR) is 96.2 cm³/mol. The van der Waals surface area contributed by atoms with Gasteiger partial charge in [-0.3, -0.25) is 4.98 Å². The van der Waals surface area contributed by atoms with Crippen LogP contribution in [0.4, 0.5) is 11.6 Å². The highest BCUT2D eigenvalue weighted by molar-refractivity contribution is 5.67. The number of anilines is 2. The topological polar surface area (TPSA) is 66.0 Å². The molecule has 0 amide bonds. The zero-order valence-corrected chi connectivity index (χ0v) is 13.9. The standard InChI is InChI=1S/C18H24N6/c1-2-11-24(10-1)18-17(22-15-4-3-7-20-12-15)23-16(13-21-18)14-5-8-19-9-6-14/h5-6,8-9,13,15,20H,1-4,7,10-12H2,(H,22,23). The van der Waals surface area contributed by atoms with Gasteiger partial charge in [0, 0.05) is 43.6 Å². The third-order valence-corrected chi connectivity index (χ3v) is 4.77. The Hall–Kier alpha value is -2.21. The smallest absolute Gasteiger partial charge is 0.171 e. The van der Waals surface area contributed by atoms with E-state index in [1.165, 1.54) is 25.7 Å². The van der Waals surface area contributed by atoms with E-state index in [4.69, 9.17) is 9.97 Å². The Morgan fingerprint density at radius 2 is 1.96 bits per heavy atom. The van der Waals surface area contributed by atoms with Crippen molar-refractivity contribution in [3.63, 3.8) is 0 Å². The summed E-state index contributed by atoms with van der Waals surface area (Å²) in [7, 11) is 0. The van der Waals surface area contributed by atoms with Crippen molar-refractivity contribution in [2.24, 2.45) is 0 Å². The zero-order chi connectivity index (χ0) is 16.2. The summed E-state index contributed by atoms with van der Waals surface area (Å²) in [5.74, 6) is 1.91. The van der Waals surface area contributed by atoms with Crippen LogP contribution in [-0.2, 0) is 0 Å². The molecule has 2 saturated heterocycles. The second-order valence-corrected chi connectivity index (χ2v) is 6.55. The summed E-state index contributed by atoms with van der Waals surface area (Å²) >= 11 is 0. The minimum atomic E-state index is 0.419. The van der Waals surface area contributed by atoms with E-state index in [1.807, 2.05) is 18.3 Å². The molecule has 0 aromatic carbocycles. The number of rotatable bonds is 4. The molecular formula is C18H24N6. The van der Waals surface area contributed by atoms with Gasteiger partial charge in [-0.25, -0.2) is 9.97 Å². The monoisotopic (exact) mass is 324 g/mol. The Morgan fingerprint density at radius 3 is 2.71 bits per heavy atom. The van der Waals surface area contributed by atoms with Gasteiger partial charge in [-0.2, -0.15) is 0 Å². The van der Waals surface area contributed by atoms with E-state index < -0.39 is 0 Å². The molecule has 4 heterocycles. The summed E-state index contributed by atoms with van der Waals surface area (Å²) in [4.78, 5) is 16.1. The molecule has 1 atom stereocenters. The molecule has 2 N–H and O–H groups in total. The number of hydrogen-bond donors (Lipinski definition) is 2. The Labute approximate surface area is 142 Å². The van der Waals surface area contributed by atoms with Crippen LogP contribution in [0.15, 0.2) is 30.7 Å². The van der Waals surface area contributed by atoms with Crippen molar-refractivity contribution in [1.29, 1.82) is 0 Å². The summed E-state index contributed by atoms with van der Waals surface area (Å²) in [6.07, 6.45) is 10.3. The number of nitrogens with zero attached hydrogens (tertiary/aromatic N) is 4. The van der Waals surface area contributed by atoms with Crippen LogP contribution in [0.2, 0.25) is 0 Å². The molecule has 24 heavy (non-hydrogen) atoms. The summed E-state index contributed by atoms with van der Waals surface area (Å²) < 4.78 is 0. The second-order valence-electron chi connectivity index (χ2n) is 6.55. The fourth-order valence-corrected chi connectivity index (χ4v) is 3.47. The van der Waals surface area contributed by atoms with Crippen molar-refractivity contribution in [2.75, 3.05) is 36.4 Å². The SMILES string of the molecule is c1cc(-c2cnc(N3CCCC3)c(NC3CCCNC3)n2)ccn1. The summed E-state index contributed by atoms with van der Waals surface area (Å²) in [5, 5.41) is 7.10. The molecule has 6 heteroatoms. The molecule has 126 valence electrons. The van der Waals surface area contributed by atoms with Crippen LogP contribution in [0.1, 0.15) is 25.7 Å². The molecule has 2 aliphatic rings. The van der Waals surface area contributed by atoms with Crippen LogP contribution in [0.3, 0.4) is 0 Å². The molecule has 2 aromatic rings. The lowest BCUT2D eigenvalue weighted by Crippen LogP contribution is -2.39. The Morgan fingerprint density at radius 1 is 1.12 bits per heavy atom. The molecule has 1 unspecified atom stereocenters. The fourth-order valence-electron chi connectivity index (χ4n) is 3.47. The van der Waals surface area contributed by atoms with E-state index >= 15 is 0 Å². The number of hydrogen-bond acceptors (Lipinski definition) is 6. The summed E-state index contributed by atoms with van der Waals surface area (Å²) in [6.45, 7) is 4.24. The maximum Gasteiger partial charge on any atom is 0.171 e. The van der Waals surface area contributed by atoms with Gasteiger partial charge in [0.25, 0.3) is 0 Å². The average Bonchev–Trinajstić information content (AvgIpc) is 3.18. The largest absolute Gasteiger partial charge is 0.363 e. The van der Waals surface area contributed by atoms with Crippen LogP contribution in [0.5, 0.6) is 0 Å². The highest BCUT2D eigenvalue weighted by atomic mass is 15.2. The van der Waals surface area contributed by atoms with Crippen LogP contribution < -0.4 is 15.5 Å². The molecule has 0 spiro atoms. The molecule has 0 bridgehead atoms. The summed E-state index contributed by atoms with van der Waals surface area (Å²) in [5.41, 5.74) is 1.95. The molecular weight excluding hydrogens is 300 g/mol. The molecule has 4 rings (SSSR count). The average molecular weight is 324 g/mol. The van der Waals surface area contributed by atoms with Crippen molar-refractivity contribution in [1.82, 2.24) is 20.3 Å². The van der Waals surface area contributed by atoms with Crippen LogP contribution in [0, 0.1) is 0 Å². The minimum absolute atomic E-state index is 0.419. The normalized spacial score (nSPS) is 21.0. The van der Waals surface area contributed by atoms with Crippen molar-refractivity contribution in [2.45, 2.75) is 31.7 Å². The van der Waals surface area contributed by atoms with E-state index in [2.05, 4.69) is 20.5 Å². The van der Waals surface area contributed by atoms with Crippen molar-refractivity contribution in [3.05, 3.63) is 30.7 Å². The third kappa shape index (κ3) is 3.33. The first-order chi connectivity index (χ1) is 11.9. The highest BCUT2D eigenvalue weighted by Crippen LogP contribution is 2.28. The van der Waals surface area contributed by atoms with Gasteiger partial charge >= 0.3 is 0 Å². The van der Waals surface area contributed by atoms with Crippen LogP contribution >= 0.6 is 0 Å². The number of aromatic nitrogens is 3. The van der Waals surface area contributed by atoms with Gasteiger partial charge in [-0.1, -0.05) is 0 Å². The second kappa shape index (κ2) is 7.13. The molecule has 2 aliphatic heterocycles. The number of nitrogens with one attached hydrogen (secondary N) is 2. The van der Waals surface area contributed by atoms with Gasteiger partial charge < -0.3 is 15.5 Å². The molecule has 6 nitrogen and oxygen atoms in total. The Bertz CT molecular complexity index is 662. The zero-order valence-electron chi connectivity index (χ0n) is 13.9.